The summed E-state index contributed by atoms with van der Waals surface area (Å²) < 4.78 is 0. The molecule has 0 saturated heterocycles. The molecule has 0 bridgehead atoms. The van der Waals surface area contributed by atoms with Gasteiger partial charge in [0.05, 0.1) is 12.5 Å². The molecular weight excluding hydrogens is 362 g/mol. The Morgan fingerprint density at radius 1 is 0.931 bits per heavy atom. The lowest BCUT2D eigenvalue weighted by molar-refractivity contribution is -0.123. The Bertz CT molecular complexity index is 745. The maximum absolute atomic E-state index is 12.7. The maximum atomic E-state index is 12.7. The lowest BCUT2D eigenvalue weighted by atomic mass is 10.0. The van der Waals surface area contributed by atoms with E-state index in [1.807, 2.05) is 48.5 Å². The Morgan fingerprint density at radius 3 is 2.07 bits per heavy atom. The van der Waals surface area contributed by atoms with Gasteiger partial charge >= 0.3 is 0 Å². The van der Waals surface area contributed by atoms with Gasteiger partial charge in [-0.3, -0.25) is 14.5 Å². The standard InChI is InChI=1S/C24H33N3O2/c1-4-27(5-2)22(16-20-12-8-6-9-13-20)18-25-24(29)17-23(26-19(3)28)21-14-10-7-11-15-21/h6-15,22-23H,4-5,16-18H2,1-3H3,(H,25,29)(H,26,28). The lowest BCUT2D eigenvalue weighted by Crippen LogP contribution is -2.45. The van der Waals surface area contributed by atoms with E-state index in [-0.39, 0.29) is 30.3 Å². The summed E-state index contributed by atoms with van der Waals surface area (Å²) in [5, 5.41) is 5.98. The molecule has 0 aliphatic heterocycles. The zero-order valence-electron chi connectivity index (χ0n) is 17.7. The number of nitrogens with one attached hydrogen (secondary N) is 2. The Balaban J connectivity index is 2.00. The highest BCUT2D eigenvalue weighted by atomic mass is 16.2. The van der Waals surface area contributed by atoms with Crippen LogP contribution in [0.25, 0.3) is 0 Å². The molecule has 0 heterocycles. The summed E-state index contributed by atoms with van der Waals surface area (Å²) in [4.78, 5) is 26.7. The summed E-state index contributed by atoms with van der Waals surface area (Å²) in [6.07, 6.45) is 1.11. The van der Waals surface area contributed by atoms with Gasteiger partial charge in [-0.1, -0.05) is 74.5 Å². The van der Waals surface area contributed by atoms with Crippen LogP contribution in [0.2, 0.25) is 0 Å². The van der Waals surface area contributed by atoms with Crippen LogP contribution < -0.4 is 10.6 Å². The summed E-state index contributed by atoms with van der Waals surface area (Å²) in [5.74, 6) is -0.199. The molecule has 2 aromatic rings. The first kappa shape index (κ1) is 22.6. The first-order chi connectivity index (χ1) is 14.0. The van der Waals surface area contributed by atoms with Crippen molar-refractivity contribution in [3.8, 4) is 0 Å². The zero-order valence-corrected chi connectivity index (χ0v) is 17.7. The van der Waals surface area contributed by atoms with E-state index in [0.717, 1.165) is 25.1 Å². The Morgan fingerprint density at radius 2 is 1.52 bits per heavy atom. The molecule has 5 heteroatoms. The highest BCUT2D eigenvalue weighted by Gasteiger charge is 2.20. The van der Waals surface area contributed by atoms with Gasteiger partial charge in [0.1, 0.15) is 0 Å². The second kappa shape index (κ2) is 12.0. The number of benzene rings is 2. The van der Waals surface area contributed by atoms with Gasteiger partial charge < -0.3 is 10.6 Å². The number of carbonyl (C=O) groups is 2. The Hall–Kier alpha value is -2.66. The monoisotopic (exact) mass is 395 g/mol. The van der Waals surface area contributed by atoms with Crippen LogP contribution >= 0.6 is 0 Å². The van der Waals surface area contributed by atoms with Gasteiger partial charge in [0.15, 0.2) is 0 Å². The minimum atomic E-state index is -0.324. The normalized spacial score (nSPS) is 13.0. The smallest absolute Gasteiger partial charge is 0.222 e. The average molecular weight is 396 g/mol. The van der Waals surface area contributed by atoms with E-state index in [1.54, 1.807) is 0 Å². The number of rotatable bonds is 11. The predicted octanol–water partition coefficient (Wildman–Crippen LogP) is 3.32. The zero-order chi connectivity index (χ0) is 21.1. The Kier molecular flexibility index (Phi) is 9.38. The average Bonchev–Trinajstić information content (AvgIpc) is 2.73. The molecular formula is C24H33N3O2. The number of hydrogen-bond acceptors (Lipinski definition) is 3. The predicted molar refractivity (Wildman–Crippen MR) is 117 cm³/mol. The summed E-state index contributed by atoms with van der Waals surface area (Å²) in [6.45, 7) is 8.21. The topological polar surface area (TPSA) is 61.4 Å². The molecule has 2 atom stereocenters. The van der Waals surface area contributed by atoms with E-state index in [2.05, 4.69) is 41.5 Å². The number of likely N-dealkylation sites (N-methyl/N-ethyl adjacent to an activating group) is 1. The second-order valence-corrected chi connectivity index (χ2v) is 7.24. The SMILES string of the molecule is CCN(CC)C(CNC(=O)CC(NC(C)=O)c1ccccc1)Cc1ccccc1. The van der Waals surface area contributed by atoms with E-state index in [0.29, 0.717) is 6.54 Å². The molecule has 2 rings (SSSR count). The van der Waals surface area contributed by atoms with Crippen LogP contribution in [0.4, 0.5) is 0 Å². The van der Waals surface area contributed by atoms with Gasteiger partial charge in [0.2, 0.25) is 11.8 Å². The molecule has 0 aliphatic rings. The van der Waals surface area contributed by atoms with Crippen LogP contribution in [0, 0.1) is 0 Å². The molecule has 0 saturated carbocycles. The number of hydrogen-bond donors (Lipinski definition) is 2. The first-order valence-corrected chi connectivity index (χ1v) is 10.4. The van der Waals surface area contributed by atoms with Crippen molar-refractivity contribution < 1.29 is 9.59 Å². The van der Waals surface area contributed by atoms with Gasteiger partial charge in [-0.15, -0.1) is 0 Å². The van der Waals surface area contributed by atoms with E-state index in [9.17, 15) is 9.59 Å². The molecule has 5 nitrogen and oxygen atoms in total. The first-order valence-electron chi connectivity index (χ1n) is 10.4. The highest BCUT2D eigenvalue weighted by molar-refractivity contribution is 5.79. The summed E-state index contributed by atoms with van der Waals surface area (Å²) >= 11 is 0. The van der Waals surface area contributed by atoms with Crippen LogP contribution in [0.3, 0.4) is 0 Å². The van der Waals surface area contributed by atoms with Crippen LogP contribution in [-0.2, 0) is 16.0 Å². The summed E-state index contributed by atoms with van der Waals surface area (Å²) in [6, 6.07) is 19.9. The third kappa shape index (κ3) is 7.70. The van der Waals surface area contributed by atoms with E-state index < -0.39 is 0 Å². The maximum Gasteiger partial charge on any atom is 0.222 e. The van der Waals surface area contributed by atoms with E-state index in [1.165, 1.54) is 12.5 Å². The van der Waals surface area contributed by atoms with Crippen molar-refractivity contribution in [2.24, 2.45) is 0 Å². The van der Waals surface area contributed by atoms with Crippen LogP contribution in [0.5, 0.6) is 0 Å². The molecule has 0 fully saturated rings. The molecule has 2 unspecified atom stereocenters. The van der Waals surface area contributed by atoms with Gasteiger partial charge in [-0.05, 0) is 30.6 Å². The molecule has 156 valence electrons. The van der Waals surface area contributed by atoms with Gasteiger partial charge in [0, 0.05) is 19.5 Å². The van der Waals surface area contributed by atoms with Crippen molar-refractivity contribution in [1.29, 1.82) is 0 Å². The molecule has 2 amide bonds. The molecule has 0 spiro atoms. The van der Waals surface area contributed by atoms with Gasteiger partial charge in [-0.2, -0.15) is 0 Å². The van der Waals surface area contributed by atoms with Crippen LogP contribution in [0.15, 0.2) is 60.7 Å². The van der Waals surface area contributed by atoms with Gasteiger partial charge in [-0.25, -0.2) is 0 Å². The molecule has 2 N–H and O–H groups in total. The molecule has 2 aromatic carbocycles. The number of nitrogens with zero attached hydrogens (tertiary/aromatic N) is 1. The fourth-order valence-corrected chi connectivity index (χ4v) is 3.63. The molecule has 0 aromatic heterocycles. The molecule has 0 radical (unpaired) electrons. The number of carbonyl (C=O) groups excluding carboxylic acids is 2. The highest BCUT2D eigenvalue weighted by Crippen LogP contribution is 2.16. The summed E-state index contributed by atoms with van der Waals surface area (Å²) in [5.41, 5.74) is 2.20. The summed E-state index contributed by atoms with van der Waals surface area (Å²) in [7, 11) is 0. The minimum absolute atomic E-state index is 0.0576. The van der Waals surface area contributed by atoms with Gasteiger partial charge in [0.25, 0.3) is 0 Å². The van der Waals surface area contributed by atoms with Crippen molar-refractivity contribution in [3.63, 3.8) is 0 Å². The van der Waals surface area contributed by atoms with Crippen LogP contribution in [0.1, 0.15) is 44.4 Å². The van der Waals surface area contributed by atoms with E-state index in [4.69, 9.17) is 0 Å². The van der Waals surface area contributed by atoms with Crippen molar-refractivity contribution in [2.45, 2.75) is 45.7 Å². The lowest BCUT2D eigenvalue weighted by Gasteiger charge is -2.30. The van der Waals surface area contributed by atoms with Crippen molar-refractivity contribution >= 4 is 11.8 Å². The molecule has 29 heavy (non-hydrogen) atoms. The minimum Gasteiger partial charge on any atom is -0.354 e. The Labute approximate surface area is 174 Å². The fraction of sp³-hybridized carbons (Fsp3) is 0.417. The third-order valence-corrected chi connectivity index (χ3v) is 5.15. The van der Waals surface area contributed by atoms with Crippen molar-refractivity contribution in [2.75, 3.05) is 19.6 Å². The molecule has 0 aliphatic carbocycles. The third-order valence-electron chi connectivity index (χ3n) is 5.15. The largest absolute Gasteiger partial charge is 0.354 e. The van der Waals surface area contributed by atoms with E-state index >= 15 is 0 Å². The quantitative estimate of drug-likeness (QED) is 0.614. The second-order valence-electron chi connectivity index (χ2n) is 7.24. The van der Waals surface area contributed by atoms with Crippen molar-refractivity contribution in [1.82, 2.24) is 15.5 Å². The van der Waals surface area contributed by atoms with Crippen molar-refractivity contribution in [3.05, 3.63) is 71.8 Å². The van der Waals surface area contributed by atoms with Crippen LogP contribution in [-0.4, -0.2) is 42.4 Å². The fourth-order valence-electron chi connectivity index (χ4n) is 3.63. The number of amides is 2.